The van der Waals surface area contributed by atoms with Gasteiger partial charge in [0.1, 0.15) is 24.9 Å². The van der Waals surface area contributed by atoms with E-state index in [4.69, 9.17) is 14.8 Å². The van der Waals surface area contributed by atoms with Crippen LogP contribution in [0, 0.1) is 13.8 Å². The largest absolute Gasteiger partial charge is 0.478 e. The lowest BCUT2D eigenvalue weighted by Crippen LogP contribution is -2.16. The highest BCUT2D eigenvalue weighted by atomic mass is 17.1. The van der Waals surface area contributed by atoms with E-state index < -0.39 is 11.9 Å². The first-order valence-electron chi connectivity index (χ1n) is 11.8. The molecule has 0 unspecified atom stereocenters. The Kier molecular flexibility index (Phi) is 9.91. The Hall–Kier alpha value is -4.99. The van der Waals surface area contributed by atoms with Crippen LogP contribution in [0.2, 0.25) is 0 Å². The summed E-state index contributed by atoms with van der Waals surface area (Å²) in [5.41, 5.74) is 4.92. The first kappa shape index (κ1) is 28.6. The summed E-state index contributed by atoms with van der Waals surface area (Å²) in [6, 6.07) is 24.6. The van der Waals surface area contributed by atoms with E-state index >= 15 is 0 Å². The normalized spacial score (nSPS) is 10.1. The SMILES string of the molecule is C=O.Cc1ccc(COO)c(Nc2ccc(Oc3ccc(NC(=O)c4cc(C)ccc4C(=O)O)cc3)cc2)c1. The van der Waals surface area contributed by atoms with E-state index in [1.54, 1.807) is 43.3 Å². The number of hydrogen-bond donors (Lipinski definition) is 4. The minimum Gasteiger partial charge on any atom is -0.478 e. The van der Waals surface area contributed by atoms with Crippen LogP contribution in [0.1, 0.15) is 37.4 Å². The maximum atomic E-state index is 12.7. The zero-order valence-electron chi connectivity index (χ0n) is 21.4. The number of carbonyl (C=O) groups is 3. The van der Waals surface area contributed by atoms with Crippen LogP contribution in [0.15, 0.2) is 84.9 Å². The van der Waals surface area contributed by atoms with Crippen LogP contribution in [0.5, 0.6) is 11.5 Å². The van der Waals surface area contributed by atoms with Gasteiger partial charge >= 0.3 is 5.97 Å². The molecule has 39 heavy (non-hydrogen) atoms. The minimum absolute atomic E-state index is 0.0543. The van der Waals surface area contributed by atoms with Crippen molar-refractivity contribution in [2.24, 2.45) is 0 Å². The Bertz CT molecular complexity index is 1440. The van der Waals surface area contributed by atoms with Crippen molar-refractivity contribution in [3.05, 3.63) is 113 Å². The molecule has 0 saturated carbocycles. The molecule has 9 heteroatoms. The third kappa shape index (κ3) is 7.75. The average molecular weight is 529 g/mol. The van der Waals surface area contributed by atoms with Gasteiger partial charge in [-0.2, -0.15) is 0 Å². The van der Waals surface area contributed by atoms with Gasteiger partial charge in [0.25, 0.3) is 5.91 Å². The molecule has 0 fully saturated rings. The number of aromatic carboxylic acids is 1. The maximum absolute atomic E-state index is 12.7. The van der Waals surface area contributed by atoms with Crippen molar-refractivity contribution in [2.45, 2.75) is 20.5 Å². The molecule has 4 rings (SSSR count). The summed E-state index contributed by atoms with van der Waals surface area (Å²) in [6.45, 7) is 5.85. The van der Waals surface area contributed by atoms with E-state index in [0.29, 0.717) is 17.2 Å². The van der Waals surface area contributed by atoms with Gasteiger partial charge in [0, 0.05) is 22.6 Å². The Morgan fingerprint density at radius 1 is 0.769 bits per heavy atom. The van der Waals surface area contributed by atoms with Gasteiger partial charge in [0.2, 0.25) is 0 Å². The molecule has 4 N–H and O–H groups in total. The predicted octanol–water partition coefficient (Wildman–Crippen LogP) is 6.59. The Labute approximate surface area is 225 Å². The van der Waals surface area contributed by atoms with Gasteiger partial charge in [-0.3, -0.25) is 10.1 Å². The predicted molar refractivity (Wildman–Crippen MR) is 148 cm³/mol. The van der Waals surface area contributed by atoms with Gasteiger partial charge in [-0.15, -0.1) is 0 Å². The summed E-state index contributed by atoms with van der Waals surface area (Å²) in [7, 11) is 0. The lowest BCUT2D eigenvalue weighted by atomic mass is 10.0. The zero-order chi connectivity index (χ0) is 28.4. The molecule has 1 amide bonds. The molecule has 0 saturated heterocycles. The summed E-state index contributed by atoms with van der Waals surface area (Å²) >= 11 is 0. The van der Waals surface area contributed by atoms with E-state index in [0.717, 1.165) is 28.1 Å². The molecule has 0 spiro atoms. The van der Waals surface area contributed by atoms with Crippen molar-refractivity contribution in [1.29, 1.82) is 0 Å². The molecule has 0 atom stereocenters. The van der Waals surface area contributed by atoms with Gasteiger partial charge in [0.15, 0.2) is 0 Å². The average Bonchev–Trinajstić information content (AvgIpc) is 2.93. The van der Waals surface area contributed by atoms with Crippen molar-refractivity contribution < 1.29 is 34.4 Å². The number of benzene rings is 4. The molecular formula is C30H28N2O7. The van der Waals surface area contributed by atoms with E-state index in [1.807, 2.05) is 56.2 Å². The van der Waals surface area contributed by atoms with Crippen molar-refractivity contribution in [3.8, 4) is 11.5 Å². The maximum Gasteiger partial charge on any atom is 0.336 e. The molecule has 4 aromatic rings. The van der Waals surface area contributed by atoms with E-state index in [1.165, 1.54) is 6.07 Å². The van der Waals surface area contributed by atoms with Crippen molar-refractivity contribution in [3.63, 3.8) is 0 Å². The summed E-state index contributed by atoms with van der Waals surface area (Å²) in [6.07, 6.45) is 0. The Balaban J connectivity index is 0.00000205. The van der Waals surface area contributed by atoms with E-state index in [9.17, 15) is 14.7 Å². The third-order valence-electron chi connectivity index (χ3n) is 5.62. The number of aryl methyl sites for hydroxylation is 2. The van der Waals surface area contributed by atoms with Crippen LogP contribution in [-0.4, -0.2) is 29.0 Å². The van der Waals surface area contributed by atoms with Gasteiger partial charge in [-0.05, 0) is 86.1 Å². The zero-order valence-corrected chi connectivity index (χ0v) is 21.4. The number of carboxylic acids is 1. The number of rotatable bonds is 9. The molecule has 0 aliphatic heterocycles. The summed E-state index contributed by atoms with van der Waals surface area (Å²) in [4.78, 5) is 36.4. The topological polar surface area (TPSA) is 134 Å². The Morgan fingerprint density at radius 2 is 1.33 bits per heavy atom. The minimum atomic E-state index is -1.16. The number of hydrogen-bond acceptors (Lipinski definition) is 7. The molecular weight excluding hydrogens is 500 g/mol. The first-order chi connectivity index (χ1) is 18.8. The third-order valence-corrected chi connectivity index (χ3v) is 5.62. The van der Waals surface area contributed by atoms with Crippen LogP contribution in [-0.2, 0) is 16.3 Å². The number of anilines is 3. The molecule has 9 nitrogen and oxygen atoms in total. The second-order valence-electron chi connectivity index (χ2n) is 8.52. The highest BCUT2D eigenvalue weighted by molar-refractivity contribution is 6.10. The van der Waals surface area contributed by atoms with E-state index in [-0.39, 0.29) is 17.7 Å². The highest BCUT2D eigenvalue weighted by Crippen LogP contribution is 2.28. The smallest absolute Gasteiger partial charge is 0.336 e. The summed E-state index contributed by atoms with van der Waals surface area (Å²) in [5.74, 6) is -0.466. The van der Waals surface area contributed by atoms with Crippen LogP contribution in [0.3, 0.4) is 0 Å². The number of carbonyl (C=O) groups excluding carboxylic acids is 2. The van der Waals surface area contributed by atoms with Gasteiger partial charge in [0.05, 0.1) is 11.1 Å². The fraction of sp³-hybridized carbons (Fsp3) is 0.100. The summed E-state index contributed by atoms with van der Waals surface area (Å²) in [5, 5.41) is 24.2. The number of carboxylic acid groups (broad SMARTS) is 1. The van der Waals surface area contributed by atoms with Gasteiger partial charge in [-0.25, -0.2) is 9.68 Å². The lowest BCUT2D eigenvalue weighted by Gasteiger charge is -2.13. The standard InChI is InChI=1S/C29H26N2O6.CH2O/c1-18-4-14-25(29(33)34)26(15-18)28(32)31-22-8-12-24(13-9-22)37-23-10-6-21(7-11-23)30-27-16-19(2)3-5-20(27)17-36-35;1-2/h3-16,30,35H,17H2,1-2H3,(H,31,32)(H,33,34);1H2. The molecule has 0 radical (unpaired) electrons. The van der Waals surface area contributed by atoms with Crippen molar-refractivity contribution >= 4 is 35.7 Å². The molecule has 0 aromatic heterocycles. The Morgan fingerprint density at radius 3 is 1.92 bits per heavy atom. The number of amides is 1. The molecule has 0 bridgehead atoms. The van der Waals surface area contributed by atoms with Crippen molar-refractivity contribution in [1.82, 2.24) is 0 Å². The van der Waals surface area contributed by atoms with E-state index in [2.05, 4.69) is 15.5 Å². The van der Waals surface area contributed by atoms with Crippen LogP contribution in [0.4, 0.5) is 17.1 Å². The first-order valence-corrected chi connectivity index (χ1v) is 11.8. The number of ether oxygens (including phenoxy) is 1. The van der Waals surface area contributed by atoms with Crippen LogP contribution in [0.25, 0.3) is 0 Å². The van der Waals surface area contributed by atoms with Crippen molar-refractivity contribution in [2.75, 3.05) is 10.6 Å². The summed E-state index contributed by atoms with van der Waals surface area (Å²) < 4.78 is 5.90. The quantitative estimate of drug-likeness (QED) is 0.141. The van der Waals surface area contributed by atoms with Crippen LogP contribution >= 0.6 is 0 Å². The lowest BCUT2D eigenvalue weighted by molar-refractivity contribution is -0.252. The molecule has 0 heterocycles. The van der Waals surface area contributed by atoms with Gasteiger partial charge in [-0.1, -0.05) is 23.8 Å². The second-order valence-corrected chi connectivity index (χ2v) is 8.52. The molecule has 4 aromatic carbocycles. The van der Waals surface area contributed by atoms with Gasteiger partial charge < -0.3 is 25.3 Å². The number of nitrogens with one attached hydrogen (secondary N) is 2. The molecule has 0 aliphatic carbocycles. The fourth-order valence-electron chi connectivity index (χ4n) is 3.74. The molecule has 0 aliphatic rings. The molecule has 200 valence electrons. The highest BCUT2D eigenvalue weighted by Gasteiger charge is 2.17. The van der Waals surface area contributed by atoms with Crippen LogP contribution < -0.4 is 15.4 Å². The monoisotopic (exact) mass is 528 g/mol. The fourth-order valence-corrected chi connectivity index (χ4v) is 3.74. The second kappa shape index (κ2) is 13.5.